The Morgan fingerprint density at radius 3 is 2.44 bits per heavy atom. The third kappa shape index (κ3) is 4.80. The number of likely N-dealkylation sites (N-methyl/N-ethyl adjacent to an activating group) is 1. The third-order valence-electron chi connectivity index (χ3n) is 6.98. The van der Waals surface area contributed by atoms with E-state index in [1.807, 2.05) is 55.1 Å². The molecule has 2 heterocycles. The van der Waals surface area contributed by atoms with Gasteiger partial charge in [0.15, 0.2) is 0 Å². The van der Waals surface area contributed by atoms with E-state index >= 15 is 0 Å². The summed E-state index contributed by atoms with van der Waals surface area (Å²) in [4.78, 5) is 39.5. The minimum Gasteiger partial charge on any atom is -0.466 e. The molecule has 2 aliphatic heterocycles. The highest BCUT2D eigenvalue weighted by atomic mass is 19.4. The minimum absolute atomic E-state index is 0.00361. The molecule has 2 amide bonds. The Kier molecular flexibility index (Phi) is 7.13. The van der Waals surface area contributed by atoms with Crippen LogP contribution in [0.2, 0.25) is 0 Å². The topological polar surface area (TPSA) is 90.7 Å². The van der Waals surface area contributed by atoms with Crippen molar-refractivity contribution in [2.75, 3.05) is 25.1 Å². The maximum absolute atomic E-state index is 14.2. The highest BCUT2D eigenvalue weighted by molar-refractivity contribution is 6.18. The van der Waals surface area contributed by atoms with Crippen LogP contribution < -0.4 is 4.90 Å². The number of hydrogen-bond acceptors (Lipinski definition) is 6. The SMILES string of the molecule is CC(=O)OCCCN1C(=O)C(C#N)=C(C(F)(F)F)/C(=C/C=C2/N(C)c3ccc4ccccc4c3C2(C)C)C1=O. The normalized spacial score (nSPS) is 19.2. The van der Waals surface area contributed by atoms with Crippen molar-refractivity contribution >= 4 is 34.2 Å². The van der Waals surface area contributed by atoms with Crippen LogP contribution in [0.1, 0.15) is 32.8 Å². The summed E-state index contributed by atoms with van der Waals surface area (Å²) in [7, 11) is 1.79. The van der Waals surface area contributed by atoms with Crippen molar-refractivity contribution in [1.82, 2.24) is 4.90 Å². The van der Waals surface area contributed by atoms with Gasteiger partial charge >= 0.3 is 12.1 Å². The van der Waals surface area contributed by atoms with Gasteiger partial charge in [-0.1, -0.05) is 44.2 Å². The van der Waals surface area contributed by atoms with Gasteiger partial charge in [0.05, 0.1) is 17.8 Å². The number of esters is 1. The fourth-order valence-corrected chi connectivity index (χ4v) is 5.27. The number of fused-ring (bicyclic) bond motifs is 3. The fraction of sp³-hybridized carbons (Fsp3) is 0.310. The molecule has 7 nitrogen and oxygen atoms in total. The number of ether oxygens (including phenoxy) is 1. The lowest BCUT2D eigenvalue weighted by atomic mass is 9.81. The first-order valence-corrected chi connectivity index (χ1v) is 12.2. The summed E-state index contributed by atoms with van der Waals surface area (Å²) in [6, 6.07) is 13.1. The van der Waals surface area contributed by atoms with E-state index < -0.39 is 46.1 Å². The molecule has 0 radical (unpaired) electrons. The lowest BCUT2D eigenvalue weighted by Gasteiger charge is -2.29. The average Bonchev–Trinajstić information content (AvgIpc) is 3.06. The second-order valence-corrected chi connectivity index (χ2v) is 9.81. The van der Waals surface area contributed by atoms with Crippen LogP contribution in [-0.2, 0) is 24.5 Å². The van der Waals surface area contributed by atoms with Gasteiger partial charge < -0.3 is 9.64 Å². The number of halogens is 3. The van der Waals surface area contributed by atoms with Crippen LogP contribution in [0.15, 0.2) is 71.0 Å². The highest BCUT2D eigenvalue weighted by Gasteiger charge is 2.48. The van der Waals surface area contributed by atoms with E-state index in [0.717, 1.165) is 28.1 Å². The maximum Gasteiger partial charge on any atom is 0.418 e. The van der Waals surface area contributed by atoms with E-state index in [2.05, 4.69) is 0 Å². The van der Waals surface area contributed by atoms with E-state index in [9.17, 15) is 32.8 Å². The number of hydrogen-bond donors (Lipinski definition) is 0. The third-order valence-corrected chi connectivity index (χ3v) is 6.98. The molecule has 4 rings (SSSR count). The maximum atomic E-state index is 14.2. The molecule has 2 aliphatic rings. The van der Waals surface area contributed by atoms with Crippen molar-refractivity contribution in [3.8, 4) is 6.07 Å². The summed E-state index contributed by atoms with van der Waals surface area (Å²) in [6.45, 7) is 4.61. The Labute approximate surface area is 223 Å². The molecule has 0 aromatic heterocycles. The molecular weight excluding hydrogens is 511 g/mol. The Morgan fingerprint density at radius 2 is 1.79 bits per heavy atom. The molecule has 0 saturated heterocycles. The number of anilines is 1. The zero-order valence-electron chi connectivity index (χ0n) is 21.8. The predicted octanol–water partition coefficient (Wildman–Crippen LogP) is 5.08. The molecule has 0 unspecified atom stereocenters. The van der Waals surface area contributed by atoms with E-state index in [-0.39, 0.29) is 19.6 Å². The van der Waals surface area contributed by atoms with Gasteiger partial charge in [-0.25, -0.2) is 0 Å². The molecule has 10 heteroatoms. The second kappa shape index (κ2) is 10.1. The van der Waals surface area contributed by atoms with E-state index in [1.54, 1.807) is 7.05 Å². The number of imide groups is 1. The molecule has 2 aromatic rings. The number of alkyl halides is 3. The molecule has 2 aromatic carbocycles. The Bertz CT molecular complexity index is 1530. The molecule has 39 heavy (non-hydrogen) atoms. The number of benzene rings is 2. The zero-order valence-corrected chi connectivity index (χ0v) is 21.8. The molecular formula is C29H26F3N3O4. The van der Waals surface area contributed by atoms with Crippen molar-refractivity contribution < 1.29 is 32.3 Å². The molecule has 0 atom stereocenters. The largest absolute Gasteiger partial charge is 0.466 e. The van der Waals surface area contributed by atoms with E-state index in [1.165, 1.54) is 19.1 Å². The molecule has 202 valence electrons. The van der Waals surface area contributed by atoms with Crippen molar-refractivity contribution in [1.29, 1.82) is 5.26 Å². The standard InChI is InChI=1S/C29H26F3N3O4/c1-17(36)39-15-7-14-35-26(37)20(24(29(30,31)32)21(16-33)27(35)38)11-13-23-28(2,3)25-19-9-6-5-8-18(19)10-12-22(25)34(23)4/h5-6,8-13H,7,14-15H2,1-4H3/b20-11-,23-13+. The predicted molar refractivity (Wildman–Crippen MR) is 138 cm³/mol. The summed E-state index contributed by atoms with van der Waals surface area (Å²) < 4.78 is 47.3. The number of nitriles is 1. The fourth-order valence-electron chi connectivity index (χ4n) is 5.27. The number of allylic oxidation sites excluding steroid dienone is 3. The summed E-state index contributed by atoms with van der Waals surface area (Å²) >= 11 is 0. The summed E-state index contributed by atoms with van der Waals surface area (Å²) in [5.41, 5.74) is -1.66. The minimum atomic E-state index is -5.12. The van der Waals surface area contributed by atoms with Gasteiger partial charge in [-0.05, 0) is 41.0 Å². The van der Waals surface area contributed by atoms with Crippen molar-refractivity contribution in [3.63, 3.8) is 0 Å². The van der Waals surface area contributed by atoms with Crippen LogP contribution in [0.3, 0.4) is 0 Å². The van der Waals surface area contributed by atoms with Crippen LogP contribution >= 0.6 is 0 Å². The molecule has 0 N–H and O–H groups in total. The number of carbonyl (C=O) groups is 3. The number of nitrogens with zero attached hydrogens (tertiary/aromatic N) is 3. The number of rotatable bonds is 5. The molecule has 0 spiro atoms. The molecule has 0 fully saturated rings. The van der Waals surface area contributed by atoms with Crippen LogP contribution in [0.4, 0.5) is 18.9 Å². The van der Waals surface area contributed by atoms with Crippen molar-refractivity contribution in [2.24, 2.45) is 0 Å². The lowest BCUT2D eigenvalue weighted by molar-refractivity contribution is -0.144. The van der Waals surface area contributed by atoms with Crippen LogP contribution in [0, 0.1) is 11.3 Å². The summed E-state index contributed by atoms with van der Waals surface area (Å²) in [5, 5.41) is 11.5. The van der Waals surface area contributed by atoms with Crippen molar-refractivity contribution in [3.05, 3.63) is 76.5 Å². The Morgan fingerprint density at radius 1 is 1.10 bits per heavy atom. The lowest BCUT2D eigenvalue weighted by Crippen LogP contribution is -2.45. The first-order valence-electron chi connectivity index (χ1n) is 12.2. The van der Waals surface area contributed by atoms with Gasteiger partial charge in [0.25, 0.3) is 11.8 Å². The second-order valence-electron chi connectivity index (χ2n) is 9.81. The number of amides is 2. The van der Waals surface area contributed by atoms with Crippen LogP contribution in [0.5, 0.6) is 0 Å². The van der Waals surface area contributed by atoms with Gasteiger partial charge in [-0.2, -0.15) is 18.4 Å². The van der Waals surface area contributed by atoms with Gasteiger partial charge in [0.2, 0.25) is 0 Å². The van der Waals surface area contributed by atoms with Crippen molar-refractivity contribution in [2.45, 2.75) is 38.8 Å². The smallest absolute Gasteiger partial charge is 0.418 e. The monoisotopic (exact) mass is 537 g/mol. The summed E-state index contributed by atoms with van der Waals surface area (Å²) in [6.07, 6.45) is -2.64. The molecule has 0 aliphatic carbocycles. The average molecular weight is 538 g/mol. The van der Waals surface area contributed by atoms with Crippen LogP contribution in [0.25, 0.3) is 10.8 Å². The quantitative estimate of drug-likeness (QED) is 0.229. The zero-order chi connectivity index (χ0) is 28.7. The first-order chi connectivity index (χ1) is 18.3. The van der Waals surface area contributed by atoms with Gasteiger partial charge in [-0.15, -0.1) is 0 Å². The van der Waals surface area contributed by atoms with Gasteiger partial charge in [0, 0.05) is 37.3 Å². The first kappa shape index (κ1) is 27.6. The van der Waals surface area contributed by atoms with Gasteiger partial charge in [-0.3, -0.25) is 19.3 Å². The number of carbonyl (C=O) groups excluding carboxylic acids is 3. The van der Waals surface area contributed by atoms with Gasteiger partial charge in [0.1, 0.15) is 11.6 Å². The van der Waals surface area contributed by atoms with E-state index in [0.29, 0.717) is 10.6 Å². The van der Waals surface area contributed by atoms with E-state index in [4.69, 9.17) is 4.74 Å². The highest BCUT2D eigenvalue weighted by Crippen LogP contribution is 2.50. The Hall–Kier alpha value is -4.39. The molecule has 0 bridgehead atoms. The Balaban J connectivity index is 1.82. The molecule has 0 saturated carbocycles. The van der Waals surface area contributed by atoms with Crippen LogP contribution in [-0.4, -0.2) is 49.1 Å². The summed E-state index contributed by atoms with van der Waals surface area (Å²) in [5.74, 6) is -3.08.